The Morgan fingerprint density at radius 3 is 2.94 bits per heavy atom. The lowest BCUT2D eigenvalue weighted by atomic mass is 10.2. The average molecular weight is 218 g/mol. The quantitative estimate of drug-likeness (QED) is 0.804. The first kappa shape index (κ1) is 9.98. The highest BCUT2D eigenvalue weighted by molar-refractivity contribution is 5.91. The summed E-state index contributed by atoms with van der Waals surface area (Å²) in [7, 11) is 0. The molecule has 0 aliphatic heterocycles. The maximum atomic E-state index is 11.3. The van der Waals surface area contributed by atoms with E-state index in [2.05, 4.69) is 0 Å². The fraction of sp³-hybridized carbons (Fsp3) is 0.100. The van der Waals surface area contributed by atoms with Crippen LogP contribution in [-0.4, -0.2) is 15.6 Å². The van der Waals surface area contributed by atoms with Crippen molar-refractivity contribution in [1.29, 1.82) is 5.26 Å². The van der Waals surface area contributed by atoms with E-state index in [1.165, 1.54) is 18.2 Å². The highest BCUT2D eigenvalue weighted by Crippen LogP contribution is 2.14. The third-order valence-corrected chi connectivity index (χ3v) is 2.14. The van der Waals surface area contributed by atoms with Gasteiger partial charge < -0.3 is 9.52 Å². The zero-order chi connectivity index (χ0) is 11.7. The van der Waals surface area contributed by atoms with Crippen LogP contribution in [0.3, 0.4) is 0 Å². The molecule has 2 aromatic rings. The van der Waals surface area contributed by atoms with Crippen LogP contribution in [0.1, 0.15) is 10.4 Å². The van der Waals surface area contributed by atoms with Gasteiger partial charge in [0.2, 0.25) is 0 Å². The lowest BCUT2D eigenvalue weighted by molar-refractivity contribution is 0.0697. The van der Waals surface area contributed by atoms with E-state index in [-0.39, 0.29) is 17.7 Å². The minimum atomic E-state index is -1.10. The van der Waals surface area contributed by atoms with Crippen molar-refractivity contribution < 1.29 is 14.3 Å². The molecule has 6 nitrogen and oxygen atoms in total. The number of carbonyl (C=O) groups is 1. The van der Waals surface area contributed by atoms with Crippen LogP contribution in [0, 0.1) is 11.3 Å². The smallest absolute Gasteiger partial charge is 0.420 e. The predicted molar refractivity (Wildman–Crippen MR) is 53.0 cm³/mol. The van der Waals surface area contributed by atoms with E-state index in [9.17, 15) is 9.59 Å². The molecule has 0 aliphatic rings. The van der Waals surface area contributed by atoms with Gasteiger partial charge in [-0.25, -0.2) is 9.59 Å². The molecule has 0 amide bonds. The molecule has 0 bridgehead atoms. The highest BCUT2D eigenvalue weighted by Gasteiger charge is 2.11. The molecule has 1 aromatic heterocycles. The number of aromatic carboxylic acids is 1. The first-order chi connectivity index (χ1) is 7.63. The molecule has 0 radical (unpaired) electrons. The van der Waals surface area contributed by atoms with Gasteiger partial charge in [0.1, 0.15) is 6.54 Å². The number of nitriles is 1. The van der Waals surface area contributed by atoms with Crippen molar-refractivity contribution in [1.82, 2.24) is 4.57 Å². The number of fused-ring (bicyclic) bond motifs is 1. The zero-order valence-electron chi connectivity index (χ0n) is 8.01. The summed E-state index contributed by atoms with van der Waals surface area (Å²) in [6.07, 6.45) is 0. The van der Waals surface area contributed by atoms with Crippen molar-refractivity contribution in [2.24, 2.45) is 0 Å². The van der Waals surface area contributed by atoms with Crippen molar-refractivity contribution in [3.05, 3.63) is 34.3 Å². The number of rotatable bonds is 2. The predicted octanol–water partition coefficient (Wildman–Crippen LogP) is 0.816. The Morgan fingerprint density at radius 1 is 1.56 bits per heavy atom. The Labute approximate surface area is 88.9 Å². The Balaban J connectivity index is 2.75. The minimum absolute atomic E-state index is 0.0417. The number of aromatic nitrogens is 1. The number of carboxylic acids is 1. The normalized spacial score (nSPS) is 10.2. The van der Waals surface area contributed by atoms with Gasteiger partial charge >= 0.3 is 11.7 Å². The first-order valence-electron chi connectivity index (χ1n) is 4.37. The molecule has 0 spiro atoms. The summed E-state index contributed by atoms with van der Waals surface area (Å²) in [6.45, 7) is -0.172. The minimum Gasteiger partial charge on any atom is -0.478 e. The Bertz CT molecular complexity index is 659. The van der Waals surface area contributed by atoms with Crippen molar-refractivity contribution in [3.63, 3.8) is 0 Å². The van der Waals surface area contributed by atoms with E-state index >= 15 is 0 Å². The van der Waals surface area contributed by atoms with Crippen molar-refractivity contribution >= 4 is 17.1 Å². The number of hydrogen-bond acceptors (Lipinski definition) is 4. The standard InChI is InChI=1S/C10H6N2O4/c11-3-4-12-7-5-6(9(13)14)1-2-8(7)16-10(12)15/h1-2,5H,4H2,(H,13,14). The Morgan fingerprint density at radius 2 is 2.31 bits per heavy atom. The maximum Gasteiger partial charge on any atom is 0.420 e. The summed E-state index contributed by atoms with van der Waals surface area (Å²) in [4.78, 5) is 22.0. The first-order valence-corrected chi connectivity index (χ1v) is 4.37. The van der Waals surface area contributed by atoms with Gasteiger partial charge in [-0.2, -0.15) is 5.26 Å². The highest BCUT2D eigenvalue weighted by atomic mass is 16.4. The third kappa shape index (κ3) is 1.44. The van der Waals surface area contributed by atoms with Crippen LogP contribution in [0.2, 0.25) is 0 Å². The number of hydrogen-bond donors (Lipinski definition) is 1. The largest absolute Gasteiger partial charge is 0.478 e. The maximum absolute atomic E-state index is 11.3. The monoisotopic (exact) mass is 218 g/mol. The molecule has 0 saturated carbocycles. The fourth-order valence-electron chi connectivity index (χ4n) is 1.42. The van der Waals surface area contributed by atoms with Crippen molar-refractivity contribution in [3.8, 4) is 6.07 Å². The molecule has 0 aliphatic carbocycles. The molecule has 0 saturated heterocycles. The summed E-state index contributed by atoms with van der Waals surface area (Å²) in [5.74, 6) is -1.77. The lowest BCUT2D eigenvalue weighted by Gasteiger charge is -1.96. The topological polar surface area (TPSA) is 96.2 Å². The number of carboxylic acid groups (broad SMARTS) is 1. The van der Waals surface area contributed by atoms with E-state index in [1.54, 1.807) is 0 Å². The van der Waals surface area contributed by atoms with Gasteiger partial charge in [-0.3, -0.25) is 4.57 Å². The van der Waals surface area contributed by atoms with Crippen LogP contribution in [0.25, 0.3) is 11.1 Å². The molecule has 6 heteroatoms. The molecule has 16 heavy (non-hydrogen) atoms. The average Bonchev–Trinajstić information content (AvgIpc) is 2.55. The molecule has 1 heterocycles. The second kappa shape index (κ2) is 3.55. The Hall–Kier alpha value is -2.55. The number of benzene rings is 1. The SMILES string of the molecule is N#CCn1c(=O)oc2ccc(C(=O)O)cc21. The van der Waals surface area contributed by atoms with Gasteiger partial charge in [-0.15, -0.1) is 0 Å². The summed E-state index contributed by atoms with van der Waals surface area (Å²) in [5, 5.41) is 17.3. The molecule has 0 fully saturated rings. The summed E-state index contributed by atoms with van der Waals surface area (Å²) < 4.78 is 5.93. The molecule has 1 aromatic carbocycles. The van der Waals surface area contributed by atoms with Crippen LogP contribution in [-0.2, 0) is 6.54 Å². The van der Waals surface area contributed by atoms with Gasteiger partial charge in [0, 0.05) is 0 Å². The van der Waals surface area contributed by atoms with Crippen LogP contribution in [0.4, 0.5) is 0 Å². The molecule has 2 rings (SSSR count). The van der Waals surface area contributed by atoms with Gasteiger partial charge in [-0.1, -0.05) is 0 Å². The third-order valence-electron chi connectivity index (χ3n) is 2.14. The molecule has 1 N–H and O–H groups in total. The molecule has 80 valence electrons. The molecule has 0 atom stereocenters. The van der Waals surface area contributed by atoms with Gasteiger partial charge in [0.05, 0.1) is 17.1 Å². The van der Waals surface area contributed by atoms with Crippen LogP contribution in [0.5, 0.6) is 0 Å². The summed E-state index contributed by atoms with van der Waals surface area (Å²) in [6, 6.07) is 5.85. The lowest BCUT2D eigenvalue weighted by Crippen LogP contribution is -2.13. The van der Waals surface area contributed by atoms with Gasteiger partial charge in [0.15, 0.2) is 5.58 Å². The van der Waals surface area contributed by atoms with Crippen molar-refractivity contribution in [2.75, 3.05) is 0 Å². The second-order valence-corrected chi connectivity index (χ2v) is 3.10. The van der Waals surface area contributed by atoms with Gasteiger partial charge in [-0.05, 0) is 18.2 Å². The zero-order valence-corrected chi connectivity index (χ0v) is 8.01. The molecular weight excluding hydrogens is 212 g/mol. The van der Waals surface area contributed by atoms with E-state index in [0.717, 1.165) is 4.57 Å². The van der Waals surface area contributed by atoms with Crippen LogP contribution in [0.15, 0.2) is 27.4 Å². The van der Waals surface area contributed by atoms with Crippen LogP contribution < -0.4 is 5.76 Å². The fourth-order valence-corrected chi connectivity index (χ4v) is 1.42. The summed E-state index contributed by atoms with van der Waals surface area (Å²) >= 11 is 0. The van der Waals surface area contributed by atoms with Gasteiger partial charge in [0.25, 0.3) is 0 Å². The van der Waals surface area contributed by atoms with E-state index in [1.807, 2.05) is 6.07 Å². The number of nitrogens with zero attached hydrogens (tertiary/aromatic N) is 2. The summed E-state index contributed by atoms with van der Waals surface area (Å²) in [5.41, 5.74) is 0.622. The Kier molecular flexibility index (Phi) is 2.21. The van der Waals surface area contributed by atoms with Crippen LogP contribution >= 0.6 is 0 Å². The number of oxazole rings is 1. The van der Waals surface area contributed by atoms with E-state index < -0.39 is 11.7 Å². The van der Waals surface area contributed by atoms with E-state index in [0.29, 0.717) is 5.52 Å². The molecule has 0 unspecified atom stereocenters. The van der Waals surface area contributed by atoms with Crippen molar-refractivity contribution in [2.45, 2.75) is 6.54 Å². The molecular formula is C10H6N2O4. The second-order valence-electron chi connectivity index (χ2n) is 3.10. The van der Waals surface area contributed by atoms with E-state index in [4.69, 9.17) is 14.8 Å².